The summed E-state index contributed by atoms with van der Waals surface area (Å²) in [4.78, 5) is 23.8. The molecule has 0 aliphatic heterocycles. The minimum Gasteiger partial charge on any atom is -0.368 e. The molecule has 1 unspecified atom stereocenters. The largest absolute Gasteiger partial charge is 0.368 e. The van der Waals surface area contributed by atoms with E-state index in [2.05, 4.69) is 5.32 Å². The van der Waals surface area contributed by atoms with E-state index in [9.17, 15) is 14.9 Å². The van der Waals surface area contributed by atoms with Crippen LogP contribution in [0.3, 0.4) is 0 Å². The number of halogens is 1. The Bertz CT molecular complexity index is 493. The first-order valence-electron chi connectivity index (χ1n) is 5.82. The Labute approximate surface area is 116 Å². The van der Waals surface area contributed by atoms with Crippen LogP contribution >= 0.6 is 11.6 Å². The van der Waals surface area contributed by atoms with Crippen LogP contribution in [0.25, 0.3) is 0 Å². The van der Waals surface area contributed by atoms with Crippen LogP contribution in [-0.4, -0.2) is 35.4 Å². The number of benzene rings is 1. The normalized spacial score (nSPS) is 11.8. The second-order valence-corrected chi connectivity index (χ2v) is 4.57. The van der Waals surface area contributed by atoms with Gasteiger partial charge in [0, 0.05) is 24.7 Å². The smallest absolute Gasteiger partial charge is 0.292 e. The fourth-order valence-electron chi connectivity index (χ4n) is 1.56. The summed E-state index contributed by atoms with van der Waals surface area (Å²) >= 11 is 5.82. The van der Waals surface area contributed by atoms with E-state index in [1.54, 1.807) is 14.0 Å². The topological polar surface area (TPSA) is 75.5 Å². The van der Waals surface area contributed by atoms with E-state index >= 15 is 0 Å². The summed E-state index contributed by atoms with van der Waals surface area (Å²) in [5, 5.41) is 14.1. The second-order valence-electron chi connectivity index (χ2n) is 4.14. The minimum atomic E-state index is -0.567. The van der Waals surface area contributed by atoms with Crippen LogP contribution < -0.4 is 5.32 Å². The van der Waals surface area contributed by atoms with Crippen molar-refractivity contribution in [2.24, 2.45) is 0 Å². The van der Waals surface area contributed by atoms with Crippen LogP contribution in [0, 0.1) is 10.1 Å². The molecular weight excluding hydrogens is 270 g/mol. The molecule has 0 aliphatic rings. The number of amides is 1. The minimum absolute atomic E-state index is 0.108. The Morgan fingerprint density at radius 2 is 2.21 bits per heavy atom. The van der Waals surface area contributed by atoms with E-state index in [0.717, 1.165) is 0 Å². The van der Waals surface area contributed by atoms with Gasteiger partial charge < -0.3 is 10.2 Å². The van der Waals surface area contributed by atoms with Crippen LogP contribution in [-0.2, 0) is 4.79 Å². The first-order chi connectivity index (χ1) is 8.86. The molecule has 0 heterocycles. The third-order valence-electron chi connectivity index (χ3n) is 2.75. The molecule has 7 heteroatoms. The van der Waals surface area contributed by atoms with Gasteiger partial charge in [-0.2, -0.15) is 0 Å². The number of nitrogens with zero attached hydrogens (tertiary/aromatic N) is 2. The first kappa shape index (κ1) is 15.2. The van der Waals surface area contributed by atoms with Crippen molar-refractivity contribution in [2.45, 2.75) is 19.9 Å². The maximum Gasteiger partial charge on any atom is 0.292 e. The van der Waals surface area contributed by atoms with Gasteiger partial charge in [-0.3, -0.25) is 14.9 Å². The highest BCUT2D eigenvalue weighted by Crippen LogP contribution is 2.28. The van der Waals surface area contributed by atoms with Crippen molar-refractivity contribution in [3.8, 4) is 0 Å². The molecule has 0 bridgehead atoms. The average molecular weight is 286 g/mol. The van der Waals surface area contributed by atoms with Crippen molar-refractivity contribution in [1.82, 2.24) is 4.90 Å². The number of carbonyl (C=O) groups excluding carboxylic acids is 1. The predicted octanol–water partition coefficient (Wildman–Crippen LogP) is 2.53. The van der Waals surface area contributed by atoms with Crippen LogP contribution in [0.1, 0.15) is 13.8 Å². The molecule has 19 heavy (non-hydrogen) atoms. The number of nitro groups is 1. The summed E-state index contributed by atoms with van der Waals surface area (Å²) in [6.45, 7) is 4.08. The Balaban J connectivity index is 2.95. The zero-order chi connectivity index (χ0) is 14.6. The van der Waals surface area contributed by atoms with Gasteiger partial charge in [0.1, 0.15) is 11.7 Å². The average Bonchev–Trinajstić information content (AvgIpc) is 2.36. The lowest BCUT2D eigenvalue weighted by Gasteiger charge is -2.21. The van der Waals surface area contributed by atoms with Gasteiger partial charge in [0.2, 0.25) is 5.91 Å². The molecule has 0 radical (unpaired) electrons. The van der Waals surface area contributed by atoms with Crippen molar-refractivity contribution >= 4 is 28.9 Å². The summed E-state index contributed by atoms with van der Waals surface area (Å²) < 4.78 is 0. The molecule has 0 fully saturated rings. The number of hydrogen-bond acceptors (Lipinski definition) is 4. The van der Waals surface area contributed by atoms with E-state index < -0.39 is 11.0 Å². The van der Waals surface area contributed by atoms with E-state index in [-0.39, 0.29) is 17.3 Å². The lowest BCUT2D eigenvalue weighted by atomic mass is 10.2. The molecule has 0 saturated heterocycles. The number of likely N-dealkylation sites (N-methyl/N-ethyl adjacent to an activating group) is 1. The van der Waals surface area contributed by atoms with Gasteiger partial charge in [0.05, 0.1) is 4.92 Å². The van der Waals surface area contributed by atoms with Gasteiger partial charge >= 0.3 is 0 Å². The summed E-state index contributed by atoms with van der Waals surface area (Å²) in [5.74, 6) is -0.142. The van der Waals surface area contributed by atoms with E-state index in [4.69, 9.17) is 11.6 Å². The van der Waals surface area contributed by atoms with Gasteiger partial charge in [-0.05, 0) is 26.0 Å². The Morgan fingerprint density at radius 1 is 1.58 bits per heavy atom. The molecule has 1 amide bonds. The van der Waals surface area contributed by atoms with Gasteiger partial charge in [-0.1, -0.05) is 11.6 Å². The van der Waals surface area contributed by atoms with Crippen molar-refractivity contribution in [3.63, 3.8) is 0 Å². The number of anilines is 1. The lowest BCUT2D eigenvalue weighted by Crippen LogP contribution is -2.38. The highest BCUT2D eigenvalue weighted by Gasteiger charge is 2.21. The monoisotopic (exact) mass is 285 g/mol. The molecule has 1 atom stereocenters. The van der Waals surface area contributed by atoms with Crippen LogP contribution in [0.2, 0.25) is 5.02 Å². The summed E-state index contributed by atoms with van der Waals surface area (Å²) in [6, 6.07) is 3.62. The van der Waals surface area contributed by atoms with Gasteiger partial charge in [0.25, 0.3) is 5.69 Å². The van der Waals surface area contributed by atoms with Crippen LogP contribution in [0.4, 0.5) is 11.4 Å². The molecule has 0 spiro atoms. The molecule has 104 valence electrons. The summed E-state index contributed by atoms with van der Waals surface area (Å²) in [6.07, 6.45) is 0. The molecular formula is C12H16ClN3O3. The summed E-state index contributed by atoms with van der Waals surface area (Å²) in [7, 11) is 1.67. The Morgan fingerprint density at radius 3 is 2.74 bits per heavy atom. The van der Waals surface area contributed by atoms with Crippen molar-refractivity contribution in [3.05, 3.63) is 33.3 Å². The maximum atomic E-state index is 11.9. The third-order valence-corrected chi connectivity index (χ3v) is 2.98. The highest BCUT2D eigenvalue weighted by molar-refractivity contribution is 6.31. The maximum absolute atomic E-state index is 11.9. The first-order valence-corrected chi connectivity index (χ1v) is 6.20. The van der Waals surface area contributed by atoms with Gasteiger partial charge in [0.15, 0.2) is 0 Å². The number of nitro benzene ring substituents is 1. The molecule has 0 aromatic heterocycles. The molecule has 0 saturated carbocycles. The number of hydrogen-bond donors (Lipinski definition) is 1. The van der Waals surface area contributed by atoms with Crippen LogP contribution in [0.15, 0.2) is 18.2 Å². The number of nitrogens with one attached hydrogen (secondary N) is 1. The van der Waals surface area contributed by atoms with Crippen LogP contribution in [0.5, 0.6) is 0 Å². The fraction of sp³-hybridized carbons (Fsp3) is 0.417. The van der Waals surface area contributed by atoms with Gasteiger partial charge in [-0.25, -0.2) is 0 Å². The number of rotatable bonds is 5. The quantitative estimate of drug-likeness (QED) is 0.666. The fourth-order valence-corrected chi connectivity index (χ4v) is 1.74. The second kappa shape index (κ2) is 6.38. The van der Waals surface area contributed by atoms with E-state index in [1.165, 1.54) is 23.1 Å². The lowest BCUT2D eigenvalue weighted by molar-refractivity contribution is -0.384. The zero-order valence-corrected chi connectivity index (χ0v) is 11.8. The van der Waals surface area contributed by atoms with Gasteiger partial charge in [-0.15, -0.1) is 0 Å². The van der Waals surface area contributed by atoms with E-state index in [0.29, 0.717) is 11.6 Å². The standard InChI is InChI=1S/C12H16ClN3O3/c1-4-15(3)12(17)8(2)14-10-7-9(13)5-6-11(10)16(18)19/h5-8,14H,4H2,1-3H3. The van der Waals surface area contributed by atoms with Crippen molar-refractivity contribution in [1.29, 1.82) is 0 Å². The van der Waals surface area contributed by atoms with Crippen molar-refractivity contribution < 1.29 is 9.72 Å². The highest BCUT2D eigenvalue weighted by atomic mass is 35.5. The molecule has 0 aliphatic carbocycles. The Hall–Kier alpha value is -1.82. The van der Waals surface area contributed by atoms with Crippen molar-refractivity contribution in [2.75, 3.05) is 18.9 Å². The SMILES string of the molecule is CCN(C)C(=O)C(C)Nc1cc(Cl)ccc1[N+](=O)[O-]. The molecule has 1 rings (SSSR count). The zero-order valence-electron chi connectivity index (χ0n) is 11.0. The molecule has 6 nitrogen and oxygen atoms in total. The third kappa shape index (κ3) is 3.82. The summed E-state index contributed by atoms with van der Waals surface area (Å²) in [5.41, 5.74) is 0.131. The predicted molar refractivity (Wildman–Crippen MR) is 74.5 cm³/mol. The Kier molecular flexibility index (Phi) is 5.11. The molecule has 1 aromatic carbocycles. The van der Waals surface area contributed by atoms with E-state index in [1.807, 2.05) is 6.92 Å². The number of carbonyl (C=O) groups is 1. The molecule has 1 aromatic rings. The molecule has 1 N–H and O–H groups in total.